The lowest BCUT2D eigenvalue weighted by molar-refractivity contribution is -0.158. The molecule has 0 radical (unpaired) electrons. The quantitative estimate of drug-likeness (QED) is 0.157. The Bertz CT molecular complexity index is 557. The molecule has 4 heteroatoms. The van der Waals surface area contributed by atoms with E-state index >= 15 is 0 Å². The molecule has 0 N–H and O–H groups in total. The van der Waals surface area contributed by atoms with Gasteiger partial charge in [-0.25, -0.2) is 0 Å². The fraction of sp³-hybridized carbons (Fsp3) is 0.654. The zero-order valence-electron chi connectivity index (χ0n) is 19.3. The summed E-state index contributed by atoms with van der Waals surface area (Å²) in [4.78, 5) is 11.8. The molecule has 0 unspecified atom stereocenters. The molecule has 1 aliphatic rings. The highest BCUT2D eigenvalue weighted by molar-refractivity contribution is 5.69. The molecule has 0 aliphatic carbocycles. The van der Waals surface area contributed by atoms with Gasteiger partial charge in [0.15, 0.2) is 5.79 Å². The van der Waals surface area contributed by atoms with Crippen molar-refractivity contribution in [3.63, 3.8) is 0 Å². The Morgan fingerprint density at radius 1 is 0.900 bits per heavy atom. The molecular formula is C26H42O4. The van der Waals surface area contributed by atoms with Crippen LogP contribution in [0.25, 0.3) is 0 Å². The standard InChI is InChI=1S/C26H42O4/c1-4-5-6-7-8-9-10-11-12-13-14-15-16-17-18-19-20-21-25(27)28-22-24-23-29-26(2,3)30-24/h8-9,11-12,14-15,17-18,24H,4-7,10,13,16,19-23H2,1-3H3/b9-8-,12-11-,15-14-,18-17-/t24-/m0/s1. The molecule has 4 nitrogen and oxygen atoms in total. The van der Waals surface area contributed by atoms with Crippen LogP contribution in [0.5, 0.6) is 0 Å². The van der Waals surface area contributed by atoms with E-state index in [2.05, 4.69) is 55.5 Å². The van der Waals surface area contributed by atoms with Gasteiger partial charge >= 0.3 is 5.97 Å². The first-order valence-corrected chi connectivity index (χ1v) is 11.6. The van der Waals surface area contributed by atoms with Crippen molar-refractivity contribution in [3.8, 4) is 0 Å². The van der Waals surface area contributed by atoms with E-state index in [1.807, 2.05) is 13.8 Å². The number of carbonyl (C=O) groups is 1. The normalized spacial score (nSPS) is 19.1. The Hall–Kier alpha value is -1.65. The highest BCUT2D eigenvalue weighted by Gasteiger charge is 2.33. The van der Waals surface area contributed by atoms with Crippen LogP contribution in [0.4, 0.5) is 0 Å². The van der Waals surface area contributed by atoms with Gasteiger partial charge in [-0.05, 0) is 58.8 Å². The number of ether oxygens (including phenoxy) is 3. The van der Waals surface area contributed by atoms with Gasteiger partial charge in [-0.1, -0.05) is 68.4 Å². The topological polar surface area (TPSA) is 44.8 Å². The van der Waals surface area contributed by atoms with Gasteiger partial charge in [-0.15, -0.1) is 0 Å². The van der Waals surface area contributed by atoms with E-state index in [9.17, 15) is 4.79 Å². The molecule has 170 valence electrons. The van der Waals surface area contributed by atoms with E-state index in [4.69, 9.17) is 14.2 Å². The number of rotatable bonds is 16. The summed E-state index contributed by atoms with van der Waals surface area (Å²) in [7, 11) is 0. The number of esters is 1. The minimum absolute atomic E-state index is 0.155. The molecule has 1 fully saturated rings. The van der Waals surface area contributed by atoms with Crippen molar-refractivity contribution in [2.24, 2.45) is 0 Å². The maximum Gasteiger partial charge on any atom is 0.305 e. The van der Waals surface area contributed by atoms with Gasteiger partial charge in [0.1, 0.15) is 12.7 Å². The van der Waals surface area contributed by atoms with Crippen LogP contribution in [0.3, 0.4) is 0 Å². The van der Waals surface area contributed by atoms with Crippen LogP contribution in [0.2, 0.25) is 0 Å². The highest BCUT2D eigenvalue weighted by atomic mass is 16.7. The maximum absolute atomic E-state index is 11.8. The van der Waals surface area contributed by atoms with E-state index in [0.29, 0.717) is 13.0 Å². The van der Waals surface area contributed by atoms with Gasteiger partial charge in [0, 0.05) is 6.42 Å². The van der Waals surface area contributed by atoms with E-state index in [1.165, 1.54) is 25.7 Å². The second-order valence-corrected chi connectivity index (χ2v) is 8.11. The van der Waals surface area contributed by atoms with Crippen LogP contribution in [0, 0.1) is 0 Å². The lowest BCUT2D eigenvalue weighted by Gasteiger charge is -2.16. The molecule has 0 aromatic rings. The zero-order chi connectivity index (χ0) is 21.9. The van der Waals surface area contributed by atoms with E-state index < -0.39 is 5.79 Å². The number of hydrogen-bond donors (Lipinski definition) is 0. The third-order valence-corrected chi connectivity index (χ3v) is 4.71. The molecule has 0 saturated carbocycles. The van der Waals surface area contributed by atoms with Crippen LogP contribution < -0.4 is 0 Å². The largest absolute Gasteiger partial charge is 0.463 e. The smallest absolute Gasteiger partial charge is 0.305 e. The van der Waals surface area contributed by atoms with Gasteiger partial charge < -0.3 is 14.2 Å². The Kier molecular flexibility index (Phi) is 15.0. The van der Waals surface area contributed by atoms with Crippen LogP contribution in [0.15, 0.2) is 48.6 Å². The minimum atomic E-state index is -0.572. The number of allylic oxidation sites excluding steroid dienone is 8. The fourth-order valence-corrected chi connectivity index (χ4v) is 3.03. The summed E-state index contributed by atoms with van der Waals surface area (Å²) in [5.74, 6) is -0.739. The molecule has 30 heavy (non-hydrogen) atoms. The highest BCUT2D eigenvalue weighted by Crippen LogP contribution is 2.22. The Morgan fingerprint density at radius 2 is 1.47 bits per heavy atom. The predicted octanol–water partition coefficient (Wildman–Crippen LogP) is 6.83. The third kappa shape index (κ3) is 15.2. The first-order valence-electron chi connectivity index (χ1n) is 11.6. The Labute approximate surface area is 184 Å². The molecule has 1 saturated heterocycles. The van der Waals surface area contributed by atoms with Gasteiger partial charge in [-0.3, -0.25) is 4.79 Å². The average molecular weight is 419 g/mol. The first kappa shape index (κ1) is 26.4. The average Bonchev–Trinajstić information content (AvgIpc) is 3.07. The van der Waals surface area contributed by atoms with Crippen molar-refractivity contribution in [3.05, 3.63) is 48.6 Å². The second-order valence-electron chi connectivity index (χ2n) is 8.11. The second kappa shape index (κ2) is 17.1. The summed E-state index contributed by atoms with van der Waals surface area (Å²) in [6, 6.07) is 0. The molecular weight excluding hydrogens is 376 g/mol. The number of hydrogen-bond acceptors (Lipinski definition) is 4. The van der Waals surface area contributed by atoms with Crippen molar-refractivity contribution >= 4 is 5.97 Å². The monoisotopic (exact) mass is 418 g/mol. The summed E-state index contributed by atoms with van der Waals surface area (Å²) in [5, 5.41) is 0. The molecule has 1 rings (SSSR count). The summed E-state index contributed by atoms with van der Waals surface area (Å²) >= 11 is 0. The van der Waals surface area contributed by atoms with Crippen LogP contribution in [-0.2, 0) is 19.0 Å². The van der Waals surface area contributed by atoms with Gasteiger partial charge in [0.25, 0.3) is 0 Å². The fourth-order valence-electron chi connectivity index (χ4n) is 3.03. The first-order chi connectivity index (χ1) is 14.5. The summed E-state index contributed by atoms with van der Waals surface area (Å²) in [6.07, 6.45) is 27.7. The van der Waals surface area contributed by atoms with Crippen LogP contribution in [-0.4, -0.2) is 31.1 Å². The molecule has 0 aromatic heterocycles. The van der Waals surface area contributed by atoms with Gasteiger partial charge in [-0.2, -0.15) is 0 Å². The van der Waals surface area contributed by atoms with Gasteiger partial charge in [0.05, 0.1) is 6.61 Å². The van der Waals surface area contributed by atoms with Crippen molar-refractivity contribution in [2.45, 2.75) is 96.9 Å². The van der Waals surface area contributed by atoms with Crippen molar-refractivity contribution in [1.82, 2.24) is 0 Å². The van der Waals surface area contributed by atoms with Crippen LogP contribution >= 0.6 is 0 Å². The number of unbranched alkanes of at least 4 members (excludes halogenated alkanes) is 4. The van der Waals surface area contributed by atoms with Crippen molar-refractivity contribution in [2.75, 3.05) is 13.2 Å². The van der Waals surface area contributed by atoms with Gasteiger partial charge in [0.2, 0.25) is 0 Å². The maximum atomic E-state index is 11.8. The summed E-state index contributed by atoms with van der Waals surface area (Å²) in [6.45, 7) is 6.71. The lowest BCUT2D eigenvalue weighted by Crippen LogP contribution is -2.25. The van der Waals surface area contributed by atoms with E-state index in [0.717, 1.165) is 32.1 Å². The van der Waals surface area contributed by atoms with Crippen molar-refractivity contribution < 1.29 is 19.0 Å². The Balaban J connectivity index is 1.92. The zero-order valence-corrected chi connectivity index (χ0v) is 19.3. The minimum Gasteiger partial charge on any atom is -0.463 e. The molecule has 0 amide bonds. The predicted molar refractivity (Wildman–Crippen MR) is 124 cm³/mol. The SMILES string of the molecule is CCCCC/C=C\C/C=C\C/C=C\C/C=C\CCCC(=O)OC[C@H]1COC(C)(C)O1. The molecule has 0 aromatic carbocycles. The molecule has 1 atom stereocenters. The van der Waals surface area contributed by atoms with Crippen molar-refractivity contribution in [1.29, 1.82) is 0 Å². The lowest BCUT2D eigenvalue weighted by atomic mass is 10.2. The molecule has 1 aliphatic heterocycles. The molecule has 0 spiro atoms. The van der Waals surface area contributed by atoms with Crippen LogP contribution in [0.1, 0.15) is 85.0 Å². The summed E-state index contributed by atoms with van der Waals surface area (Å²) in [5.41, 5.74) is 0. The van der Waals surface area contributed by atoms with E-state index in [-0.39, 0.29) is 18.7 Å². The third-order valence-electron chi connectivity index (χ3n) is 4.71. The molecule has 0 bridgehead atoms. The summed E-state index contributed by atoms with van der Waals surface area (Å²) < 4.78 is 16.3. The number of carbonyl (C=O) groups excluding carboxylic acids is 1. The Morgan fingerprint density at radius 3 is 2.00 bits per heavy atom. The molecule has 1 heterocycles. The van der Waals surface area contributed by atoms with E-state index in [1.54, 1.807) is 0 Å².